The topological polar surface area (TPSA) is 89.1 Å². The second-order valence-electron chi connectivity index (χ2n) is 7.46. The van der Waals surface area contributed by atoms with Crippen LogP contribution >= 0.6 is 0 Å². The van der Waals surface area contributed by atoms with Crippen molar-refractivity contribution >= 4 is 11.7 Å². The minimum absolute atomic E-state index is 0.157. The Labute approximate surface area is 165 Å². The first-order valence-electron chi connectivity index (χ1n) is 10.1. The van der Waals surface area contributed by atoms with E-state index < -0.39 is 5.79 Å². The number of anilines is 1. The Kier molecular flexibility index (Phi) is 6.05. The van der Waals surface area contributed by atoms with Gasteiger partial charge in [-0.25, -0.2) is 9.97 Å². The molecule has 0 aromatic carbocycles. The molecule has 1 amide bonds. The molecule has 1 N–H and O–H groups in total. The molecule has 3 saturated heterocycles. The molecule has 4 rings (SSSR count). The highest BCUT2D eigenvalue weighted by atomic mass is 16.7. The molecule has 4 heterocycles. The number of piperidine rings is 1. The Bertz CT molecular complexity index is 679. The highest BCUT2D eigenvalue weighted by Crippen LogP contribution is 2.32. The van der Waals surface area contributed by atoms with Gasteiger partial charge in [0.05, 0.1) is 26.4 Å². The smallest absolute Gasteiger partial charge is 0.270 e. The van der Waals surface area contributed by atoms with E-state index in [1.165, 1.54) is 0 Å². The zero-order valence-electron chi connectivity index (χ0n) is 16.5. The van der Waals surface area contributed by atoms with Crippen molar-refractivity contribution in [3.05, 3.63) is 17.6 Å². The standard InChI is InChI=1S/C19H29N5O4/c1-15-21-16(18(25)20-4-7-23-8-10-26-11-9-23)14-17(22-15)24-5-2-19(3-6-24)27-12-13-28-19/h14H,2-13H2,1H3,(H,20,25). The van der Waals surface area contributed by atoms with Crippen molar-refractivity contribution in [2.45, 2.75) is 25.6 Å². The van der Waals surface area contributed by atoms with Gasteiger partial charge in [0.25, 0.3) is 5.91 Å². The van der Waals surface area contributed by atoms with Gasteiger partial charge in [-0.15, -0.1) is 0 Å². The number of aromatic nitrogens is 2. The lowest BCUT2D eigenvalue weighted by Crippen LogP contribution is -2.45. The molecule has 0 bridgehead atoms. The fraction of sp³-hybridized carbons (Fsp3) is 0.737. The van der Waals surface area contributed by atoms with Gasteiger partial charge in [-0.05, 0) is 6.92 Å². The minimum atomic E-state index is -0.418. The second-order valence-corrected chi connectivity index (χ2v) is 7.46. The lowest BCUT2D eigenvalue weighted by atomic mass is 10.0. The molecule has 0 radical (unpaired) electrons. The van der Waals surface area contributed by atoms with Crippen LogP contribution in [0.3, 0.4) is 0 Å². The third kappa shape index (κ3) is 4.60. The summed E-state index contributed by atoms with van der Waals surface area (Å²) in [6.07, 6.45) is 1.61. The van der Waals surface area contributed by atoms with E-state index in [0.717, 1.165) is 64.6 Å². The first kappa shape index (κ1) is 19.5. The zero-order chi connectivity index (χ0) is 19.4. The average Bonchev–Trinajstić information content (AvgIpc) is 3.17. The van der Waals surface area contributed by atoms with Gasteiger partial charge in [-0.1, -0.05) is 0 Å². The number of aryl methyl sites for hydroxylation is 1. The van der Waals surface area contributed by atoms with Crippen LogP contribution in [0.2, 0.25) is 0 Å². The number of hydrogen-bond acceptors (Lipinski definition) is 8. The fourth-order valence-corrected chi connectivity index (χ4v) is 3.94. The molecule has 1 spiro atoms. The van der Waals surface area contributed by atoms with Crippen molar-refractivity contribution in [2.75, 3.05) is 70.6 Å². The summed E-state index contributed by atoms with van der Waals surface area (Å²) < 4.78 is 16.9. The van der Waals surface area contributed by atoms with Gasteiger partial charge in [-0.3, -0.25) is 9.69 Å². The van der Waals surface area contributed by atoms with Crippen LogP contribution in [0, 0.1) is 6.92 Å². The van der Waals surface area contributed by atoms with Gasteiger partial charge in [-0.2, -0.15) is 0 Å². The molecule has 3 fully saturated rings. The largest absolute Gasteiger partial charge is 0.379 e. The van der Waals surface area contributed by atoms with Gasteiger partial charge >= 0.3 is 0 Å². The molecule has 3 aliphatic rings. The Hall–Kier alpha value is -1.81. The molecule has 1 aromatic heterocycles. The number of morpholine rings is 1. The zero-order valence-corrected chi connectivity index (χ0v) is 16.5. The first-order valence-corrected chi connectivity index (χ1v) is 10.1. The monoisotopic (exact) mass is 391 g/mol. The van der Waals surface area contributed by atoms with E-state index in [1.807, 2.05) is 6.92 Å². The summed E-state index contributed by atoms with van der Waals surface area (Å²) in [6.45, 7) is 9.49. The number of nitrogens with zero attached hydrogens (tertiary/aromatic N) is 4. The predicted molar refractivity (Wildman–Crippen MR) is 102 cm³/mol. The Morgan fingerprint density at radius 2 is 1.82 bits per heavy atom. The maximum absolute atomic E-state index is 12.6. The van der Waals surface area contributed by atoms with Crippen LogP contribution in [0.1, 0.15) is 29.2 Å². The number of amides is 1. The van der Waals surface area contributed by atoms with Crippen LogP contribution in [0.25, 0.3) is 0 Å². The van der Waals surface area contributed by atoms with Gasteiger partial charge in [0.1, 0.15) is 17.3 Å². The van der Waals surface area contributed by atoms with E-state index in [2.05, 4.69) is 25.1 Å². The molecule has 0 aliphatic carbocycles. The summed E-state index contributed by atoms with van der Waals surface area (Å²) in [5.74, 6) is 0.817. The lowest BCUT2D eigenvalue weighted by Gasteiger charge is -2.38. The highest BCUT2D eigenvalue weighted by molar-refractivity contribution is 5.92. The third-order valence-electron chi connectivity index (χ3n) is 5.54. The van der Waals surface area contributed by atoms with E-state index in [4.69, 9.17) is 14.2 Å². The Morgan fingerprint density at radius 3 is 2.54 bits per heavy atom. The average molecular weight is 391 g/mol. The molecule has 154 valence electrons. The van der Waals surface area contributed by atoms with Gasteiger partial charge in [0.2, 0.25) is 0 Å². The molecular weight excluding hydrogens is 362 g/mol. The maximum atomic E-state index is 12.6. The van der Waals surface area contributed by atoms with E-state index in [0.29, 0.717) is 31.3 Å². The van der Waals surface area contributed by atoms with Crippen LogP contribution in [0.15, 0.2) is 6.07 Å². The van der Waals surface area contributed by atoms with Crippen molar-refractivity contribution in [2.24, 2.45) is 0 Å². The summed E-state index contributed by atoms with van der Waals surface area (Å²) in [5, 5.41) is 2.97. The molecule has 28 heavy (non-hydrogen) atoms. The molecule has 9 nitrogen and oxygen atoms in total. The fourth-order valence-electron chi connectivity index (χ4n) is 3.94. The van der Waals surface area contributed by atoms with E-state index >= 15 is 0 Å². The van der Waals surface area contributed by atoms with Crippen LogP contribution in [-0.4, -0.2) is 92.3 Å². The van der Waals surface area contributed by atoms with E-state index in [9.17, 15) is 4.79 Å². The summed E-state index contributed by atoms with van der Waals surface area (Å²) >= 11 is 0. The van der Waals surface area contributed by atoms with Crippen molar-refractivity contribution in [1.82, 2.24) is 20.2 Å². The molecule has 0 atom stereocenters. The quantitative estimate of drug-likeness (QED) is 0.761. The van der Waals surface area contributed by atoms with Gasteiger partial charge in [0.15, 0.2) is 5.79 Å². The van der Waals surface area contributed by atoms with Crippen LogP contribution in [0.5, 0.6) is 0 Å². The molecule has 3 aliphatic heterocycles. The molecular formula is C19H29N5O4. The van der Waals surface area contributed by atoms with Crippen LogP contribution in [0.4, 0.5) is 5.82 Å². The number of carbonyl (C=O) groups is 1. The number of nitrogens with one attached hydrogen (secondary N) is 1. The van der Waals surface area contributed by atoms with Crippen LogP contribution in [-0.2, 0) is 14.2 Å². The third-order valence-corrected chi connectivity index (χ3v) is 5.54. The Morgan fingerprint density at radius 1 is 1.11 bits per heavy atom. The highest BCUT2D eigenvalue weighted by Gasteiger charge is 2.40. The van der Waals surface area contributed by atoms with Crippen LogP contribution < -0.4 is 10.2 Å². The second kappa shape index (κ2) is 8.69. The summed E-state index contributed by atoms with van der Waals surface area (Å²) in [4.78, 5) is 25.9. The minimum Gasteiger partial charge on any atom is -0.379 e. The maximum Gasteiger partial charge on any atom is 0.270 e. The van der Waals surface area contributed by atoms with Crippen molar-refractivity contribution in [3.8, 4) is 0 Å². The molecule has 0 unspecified atom stereocenters. The van der Waals surface area contributed by atoms with Crippen molar-refractivity contribution in [1.29, 1.82) is 0 Å². The molecule has 9 heteroatoms. The number of hydrogen-bond donors (Lipinski definition) is 1. The van der Waals surface area contributed by atoms with E-state index in [-0.39, 0.29) is 5.91 Å². The summed E-state index contributed by atoms with van der Waals surface area (Å²) in [7, 11) is 0. The normalized spacial score (nSPS) is 22.5. The number of rotatable bonds is 5. The van der Waals surface area contributed by atoms with Gasteiger partial charge in [0, 0.05) is 58.2 Å². The van der Waals surface area contributed by atoms with Crippen molar-refractivity contribution in [3.63, 3.8) is 0 Å². The lowest BCUT2D eigenvalue weighted by molar-refractivity contribution is -0.169. The molecule has 1 aromatic rings. The predicted octanol–water partition coefficient (Wildman–Crippen LogP) is 0.190. The number of carbonyl (C=O) groups excluding carboxylic acids is 1. The van der Waals surface area contributed by atoms with Crippen molar-refractivity contribution < 1.29 is 19.0 Å². The van der Waals surface area contributed by atoms with E-state index in [1.54, 1.807) is 6.07 Å². The Balaban J connectivity index is 1.33. The molecule has 0 saturated carbocycles. The number of ether oxygens (including phenoxy) is 3. The summed E-state index contributed by atoms with van der Waals surface area (Å²) in [6, 6.07) is 1.78. The SMILES string of the molecule is Cc1nc(C(=O)NCCN2CCOCC2)cc(N2CCC3(CC2)OCCO3)n1. The summed E-state index contributed by atoms with van der Waals surface area (Å²) in [5.41, 5.74) is 0.415. The first-order chi connectivity index (χ1) is 13.6. The van der Waals surface area contributed by atoms with Gasteiger partial charge < -0.3 is 24.4 Å².